The van der Waals surface area contributed by atoms with Crippen molar-refractivity contribution in [3.63, 3.8) is 0 Å². The molecule has 1 aromatic rings. The number of halogens is 1. The number of carbonyl (C=O) groups is 2. The van der Waals surface area contributed by atoms with Gasteiger partial charge in [0.15, 0.2) is 5.92 Å². The van der Waals surface area contributed by atoms with Crippen molar-refractivity contribution in [1.82, 2.24) is 0 Å². The molecule has 0 unspecified atom stereocenters. The summed E-state index contributed by atoms with van der Waals surface area (Å²) >= 11 is 5.90. The molecular weight excluding hydrogens is 308 g/mol. The Bertz CT molecular complexity index is 583. The summed E-state index contributed by atoms with van der Waals surface area (Å²) in [7, 11) is 0. The fourth-order valence-electron chi connectivity index (χ4n) is 2.31. The van der Waals surface area contributed by atoms with Gasteiger partial charge in [-0.25, -0.2) is 5.84 Å². The summed E-state index contributed by atoms with van der Waals surface area (Å²) < 4.78 is 10.2. The lowest BCUT2D eigenvalue weighted by Gasteiger charge is -2.33. The molecule has 22 heavy (non-hydrogen) atoms. The fourth-order valence-corrected chi connectivity index (χ4v) is 2.54. The molecule has 1 heterocycles. The summed E-state index contributed by atoms with van der Waals surface area (Å²) in [5.74, 6) is 2.67. The van der Waals surface area contributed by atoms with E-state index in [2.05, 4.69) is 0 Å². The highest BCUT2D eigenvalue weighted by atomic mass is 35.5. The molecule has 7 heteroatoms. The lowest BCUT2D eigenvalue weighted by molar-refractivity contribution is -0.240. The van der Waals surface area contributed by atoms with E-state index >= 15 is 0 Å². The smallest absolute Gasteiger partial charge is 0.323 e. The van der Waals surface area contributed by atoms with E-state index in [4.69, 9.17) is 26.9 Å². The van der Waals surface area contributed by atoms with Gasteiger partial charge in [0, 0.05) is 25.4 Å². The molecule has 1 aliphatic heterocycles. The van der Waals surface area contributed by atoms with E-state index in [1.54, 1.807) is 18.2 Å². The molecule has 1 fully saturated rings. The predicted octanol–water partition coefficient (Wildman–Crippen LogP) is 2.17. The van der Waals surface area contributed by atoms with Crippen LogP contribution in [0, 0.1) is 12.8 Å². The number of benzene rings is 1. The Labute approximate surface area is 134 Å². The number of nitrogens with two attached hydrogens (primary N) is 1. The Morgan fingerprint density at radius 3 is 2.41 bits per heavy atom. The van der Waals surface area contributed by atoms with E-state index in [-0.39, 0.29) is 6.42 Å². The number of cyclic esters (lactones) is 2. The second kappa shape index (κ2) is 6.14. The van der Waals surface area contributed by atoms with Crippen molar-refractivity contribution >= 4 is 29.2 Å². The number of hydrogen-bond acceptors (Lipinski definition) is 6. The number of nitrogens with zero attached hydrogens (tertiary/aromatic N) is 1. The van der Waals surface area contributed by atoms with Gasteiger partial charge in [-0.15, -0.1) is 0 Å². The standard InChI is InChI=1S/C15H19ClN2O4/c1-9-8-10(16)4-5-12(9)18(17)7-6-11-13(19)21-15(2,3)22-14(11)20/h4-5,8,11H,6-7,17H2,1-3H3. The number of aryl methyl sites for hydroxylation is 1. The van der Waals surface area contributed by atoms with E-state index in [0.29, 0.717) is 11.6 Å². The van der Waals surface area contributed by atoms with E-state index in [1.165, 1.54) is 18.9 Å². The van der Waals surface area contributed by atoms with Crippen LogP contribution in [-0.2, 0) is 19.1 Å². The van der Waals surface area contributed by atoms with Gasteiger partial charge in [0.2, 0.25) is 0 Å². The molecule has 1 aromatic carbocycles. The van der Waals surface area contributed by atoms with Gasteiger partial charge in [-0.05, 0) is 37.1 Å². The first-order valence-electron chi connectivity index (χ1n) is 6.94. The van der Waals surface area contributed by atoms with Gasteiger partial charge in [0.25, 0.3) is 5.79 Å². The average molecular weight is 327 g/mol. The molecule has 0 atom stereocenters. The van der Waals surface area contributed by atoms with Crippen molar-refractivity contribution in [1.29, 1.82) is 0 Å². The minimum absolute atomic E-state index is 0.215. The topological polar surface area (TPSA) is 81.9 Å². The lowest BCUT2D eigenvalue weighted by atomic mass is 10.0. The Balaban J connectivity index is 2.00. The largest absolute Gasteiger partial charge is 0.422 e. The van der Waals surface area contributed by atoms with Gasteiger partial charge in [0.1, 0.15) is 0 Å². The van der Waals surface area contributed by atoms with Crippen molar-refractivity contribution in [2.75, 3.05) is 11.6 Å². The fraction of sp³-hybridized carbons (Fsp3) is 0.467. The summed E-state index contributed by atoms with van der Waals surface area (Å²) in [5, 5.41) is 2.10. The SMILES string of the molecule is Cc1cc(Cl)ccc1N(N)CCC1C(=O)OC(C)(C)OC1=O. The van der Waals surface area contributed by atoms with Gasteiger partial charge in [-0.3, -0.25) is 9.59 Å². The first kappa shape index (κ1) is 16.6. The third-order valence-electron chi connectivity index (χ3n) is 3.39. The highest BCUT2D eigenvalue weighted by Crippen LogP contribution is 2.26. The van der Waals surface area contributed by atoms with Crippen LogP contribution in [0.25, 0.3) is 0 Å². The minimum atomic E-state index is -1.21. The number of ether oxygens (including phenoxy) is 2. The molecule has 0 aliphatic carbocycles. The summed E-state index contributed by atoms with van der Waals surface area (Å²) in [5.41, 5.74) is 1.69. The normalized spacial score (nSPS) is 17.9. The predicted molar refractivity (Wildman–Crippen MR) is 82.1 cm³/mol. The Morgan fingerprint density at radius 1 is 1.27 bits per heavy atom. The molecular formula is C15H19ClN2O4. The first-order valence-corrected chi connectivity index (χ1v) is 7.31. The van der Waals surface area contributed by atoms with Gasteiger partial charge in [0.05, 0.1) is 5.69 Å². The van der Waals surface area contributed by atoms with Crippen molar-refractivity contribution in [3.05, 3.63) is 28.8 Å². The van der Waals surface area contributed by atoms with Crippen LogP contribution in [0.4, 0.5) is 5.69 Å². The third kappa shape index (κ3) is 3.69. The third-order valence-corrected chi connectivity index (χ3v) is 3.62. The quantitative estimate of drug-likeness (QED) is 0.395. The van der Waals surface area contributed by atoms with E-state index in [1.807, 2.05) is 6.92 Å². The zero-order valence-electron chi connectivity index (χ0n) is 12.8. The lowest BCUT2D eigenvalue weighted by Crippen LogP contribution is -2.47. The summed E-state index contributed by atoms with van der Waals surface area (Å²) in [6, 6.07) is 5.32. The summed E-state index contributed by atoms with van der Waals surface area (Å²) in [6.45, 7) is 5.22. The number of hydrazine groups is 1. The number of rotatable bonds is 4. The molecule has 1 saturated heterocycles. The molecule has 120 valence electrons. The zero-order chi connectivity index (χ0) is 16.5. The summed E-state index contributed by atoms with van der Waals surface area (Å²) in [4.78, 5) is 23.8. The zero-order valence-corrected chi connectivity index (χ0v) is 13.5. The molecule has 1 aliphatic rings. The van der Waals surface area contributed by atoms with Crippen molar-refractivity contribution in [2.45, 2.75) is 33.0 Å². The molecule has 2 rings (SSSR count). The number of anilines is 1. The molecule has 0 bridgehead atoms. The van der Waals surface area contributed by atoms with Crippen LogP contribution < -0.4 is 10.9 Å². The molecule has 6 nitrogen and oxygen atoms in total. The number of hydrogen-bond donors (Lipinski definition) is 1. The molecule has 0 radical (unpaired) electrons. The van der Waals surface area contributed by atoms with Gasteiger partial charge >= 0.3 is 11.9 Å². The molecule has 0 aromatic heterocycles. The van der Waals surface area contributed by atoms with Crippen LogP contribution in [0.15, 0.2) is 18.2 Å². The number of carbonyl (C=O) groups excluding carboxylic acids is 2. The Kier molecular flexibility index (Phi) is 4.63. The van der Waals surface area contributed by atoms with Crippen LogP contribution in [0.2, 0.25) is 5.02 Å². The molecule has 0 amide bonds. The minimum Gasteiger partial charge on any atom is -0.422 e. The van der Waals surface area contributed by atoms with Gasteiger partial charge in [-0.2, -0.15) is 0 Å². The van der Waals surface area contributed by atoms with Crippen LogP contribution in [0.3, 0.4) is 0 Å². The summed E-state index contributed by atoms with van der Waals surface area (Å²) in [6.07, 6.45) is 0.215. The van der Waals surface area contributed by atoms with E-state index in [9.17, 15) is 9.59 Å². The van der Waals surface area contributed by atoms with Crippen molar-refractivity contribution < 1.29 is 19.1 Å². The van der Waals surface area contributed by atoms with Gasteiger partial charge in [-0.1, -0.05) is 11.6 Å². The highest BCUT2D eigenvalue weighted by molar-refractivity contribution is 6.30. The molecule has 0 saturated carbocycles. The average Bonchev–Trinajstić information content (AvgIpc) is 2.35. The maximum Gasteiger partial charge on any atom is 0.323 e. The van der Waals surface area contributed by atoms with Crippen molar-refractivity contribution in [2.24, 2.45) is 11.8 Å². The number of esters is 2. The van der Waals surface area contributed by atoms with Gasteiger partial charge < -0.3 is 14.5 Å². The first-order chi connectivity index (χ1) is 10.2. The Hall–Kier alpha value is -1.79. The maximum atomic E-state index is 11.9. The monoisotopic (exact) mass is 326 g/mol. The maximum absolute atomic E-state index is 11.9. The van der Waals surface area contributed by atoms with E-state index < -0.39 is 23.6 Å². The second-order valence-corrected chi connectivity index (χ2v) is 6.14. The van der Waals surface area contributed by atoms with Crippen molar-refractivity contribution in [3.8, 4) is 0 Å². The van der Waals surface area contributed by atoms with Crippen LogP contribution in [0.1, 0.15) is 25.8 Å². The second-order valence-electron chi connectivity index (χ2n) is 5.71. The molecule has 0 spiro atoms. The molecule has 2 N–H and O–H groups in total. The van der Waals surface area contributed by atoms with Crippen LogP contribution in [-0.4, -0.2) is 24.3 Å². The van der Waals surface area contributed by atoms with Crippen LogP contribution >= 0.6 is 11.6 Å². The Morgan fingerprint density at radius 2 is 1.86 bits per heavy atom. The van der Waals surface area contributed by atoms with E-state index in [0.717, 1.165) is 11.3 Å². The van der Waals surface area contributed by atoms with Crippen LogP contribution in [0.5, 0.6) is 0 Å². The highest BCUT2D eigenvalue weighted by Gasteiger charge is 2.42.